The molecule has 1 unspecified atom stereocenters. The zero-order chi connectivity index (χ0) is 17.1. The Morgan fingerprint density at radius 1 is 1.00 bits per heavy atom. The Kier molecular flexibility index (Phi) is 6.07. The Bertz CT molecular complexity index is 757. The summed E-state index contributed by atoms with van der Waals surface area (Å²) in [5.74, 6) is -0.0636. The molecule has 1 fully saturated rings. The van der Waals surface area contributed by atoms with Crippen LogP contribution in [0.4, 0.5) is 5.69 Å². The van der Waals surface area contributed by atoms with Crippen molar-refractivity contribution in [3.63, 3.8) is 0 Å². The quantitative estimate of drug-likeness (QED) is 0.815. The maximum Gasteiger partial charge on any atom is 0.112 e. The molecule has 0 aromatic heterocycles. The van der Waals surface area contributed by atoms with Gasteiger partial charge in [0.1, 0.15) is 5.91 Å². The first kappa shape index (κ1) is 18.6. The van der Waals surface area contributed by atoms with E-state index in [1.54, 1.807) is 0 Å². The van der Waals surface area contributed by atoms with E-state index >= 15 is 0 Å². The molecule has 1 atom stereocenters. The molecule has 1 heterocycles. The van der Waals surface area contributed by atoms with Gasteiger partial charge in [-0.1, -0.05) is 61.4 Å². The van der Waals surface area contributed by atoms with Gasteiger partial charge in [-0.15, -0.1) is 0 Å². The number of anilines is 1. The van der Waals surface area contributed by atoms with E-state index in [0.717, 1.165) is 24.1 Å². The maximum absolute atomic E-state index is 12.7. The van der Waals surface area contributed by atoms with Gasteiger partial charge in [-0.05, 0) is 36.2 Å². The van der Waals surface area contributed by atoms with Crippen LogP contribution in [-0.2, 0) is 23.4 Å². The fourth-order valence-electron chi connectivity index (χ4n) is 3.57. The molecule has 133 valence electrons. The number of hydrogen-bond acceptors (Lipinski definition) is 3. The van der Waals surface area contributed by atoms with E-state index in [1.807, 2.05) is 60.0 Å². The molecule has 1 amide bonds. The van der Waals surface area contributed by atoms with Crippen molar-refractivity contribution in [1.82, 2.24) is 5.32 Å². The summed E-state index contributed by atoms with van der Waals surface area (Å²) in [6.07, 6.45) is 6.51. The van der Waals surface area contributed by atoms with Gasteiger partial charge in [0.05, 0.1) is 5.69 Å². The monoisotopic (exact) mass is 383 g/mol. The molecular weight excluding hydrogens is 361 g/mol. The van der Waals surface area contributed by atoms with Crippen molar-refractivity contribution in [3.05, 3.63) is 72.6 Å². The van der Waals surface area contributed by atoms with E-state index in [1.165, 1.54) is 12.8 Å². The third-order valence-electron chi connectivity index (χ3n) is 4.88. The zero-order valence-corrected chi connectivity index (χ0v) is 16.0. The largest absolute Gasteiger partial charge is 0.426 e. The van der Waals surface area contributed by atoms with Gasteiger partial charge in [-0.25, -0.2) is 5.10 Å². The molecule has 2 aliphatic rings. The number of hydrogen-bond donors (Lipinski definition) is 1. The van der Waals surface area contributed by atoms with Crippen LogP contribution in [0.5, 0.6) is 0 Å². The Labute approximate surface area is 166 Å². The number of para-hydroxylation sites is 1. The summed E-state index contributed by atoms with van der Waals surface area (Å²) in [6.45, 7) is 0. The normalized spacial score (nSPS) is 19.5. The van der Waals surface area contributed by atoms with Gasteiger partial charge in [0.2, 0.25) is 0 Å². The second kappa shape index (κ2) is 8.48. The van der Waals surface area contributed by atoms with Crippen molar-refractivity contribution in [2.45, 2.75) is 37.8 Å². The molecule has 0 spiro atoms. The number of benzene rings is 2. The molecule has 0 bridgehead atoms. The number of hydrazone groups is 1. The number of carbonyl (C=O) groups excluding carboxylic acids is 1. The number of carbonyl (C=O) groups is 1. The van der Waals surface area contributed by atoms with E-state index < -0.39 is 0 Å². The van der Waals surface area contributed by atoms with E-state index in [-0.39, 0.29) is 30.5 Å². The van der Waals surface area contributed by atoms with Crippen molar-refractivity contribution >= 4 is 17.3 Å². The van der Waals surface area contributed by atoms with Crippen LogP contribution in [-0.4, -0.2) is 17.7 Å². The van der Waals surface area contributed by atoms with Crippen molar-refractivity contribution < 1.29 is 23.4 Å². The zero-order valence-electron chi connectivity index (χ0n) is 14.6. The van der Waals surface area contributed by atoms with Crippen LogP contribution in [0.15, 0.2) is 65.8 Å². The fourth-order valence-corrected chi connectivity index (χ4v) is 3.57. The van der Waals surface area contributed by atoms with Crippen molar-refractivity contribution in [3.8, 4) is 0 Å². The first-order valence-corrected chi connectivity index (χ1v) is 8.95. The molecule has 1 saturated carbocycles. The molecule has 26 heavy (non-hydrogen) atoms. The average molecular weight is 383 g/mol. The molecule has 2 aromatic rings. The predicted molar refractivity (Wildman–Crippen MR) is 100 cm³/mol. The van der Waals surface area contributed by atoms with Gasteiger partial charge in [0.15, 0.2) is 0 Å². The average Bonchev–Trinajstić information content (AvgIpc) is 3.33. The van der Waals surface area contributed by atoms with Gasteiger partial charge >= 0.3 is 0 Å². The second-order valence-electron chi connectivity index (χ2n) is 6.64. The molecule has 1 aliphatic heterocycles. The van der Waals surface area contributed by atoms with Gasteiger partial charge in [-0.2, -0.15) is 6.42 Å². The van der Waals surface area contributed by atoms with Gasteiger partial charge in [0.25, 0.3) is 0 Å². The summed E-state index contributed by atoms with van der Waals surface area (Å²) in [4.78, 5) is 12.7. The molecule has 1 aliphatic carbocycles. The van der Waals surface area contributed by atoms with Crippen LogP contribution < -0.4 is 10.3 Å². The summed E-state index contributed by atoms with van der Waals surface area (Å²) < 4.78 is 0. The Morgan fingerprint density at radius 3 is 2.27 bits per heavy atom. The van der Waals surface area contributed by atoms with Crippen LogP contribution in [0.2, 0.25) is 0 Å². The number of rotatable bonds is 4. The van der Waals surface area contributed by atoms with Gasteiger partial charge < -0.3 is 10.1 Å². The topological polar surface area (TPSA) is 44.7 Å². The van der Waals surface area contributed by atoms with Crippen LogP contribution in [0.25, 0.3) is 0 Å². The van der Waals surface area contributed by atoms with Crippen LogP contribution in [0.1, 0.15) is 37.3 Å². The van der Waals surface area contributed by atoms with Gasteiger partial charge in [0, 0.05) is 30.6 Å². The smallest absolute Gasteiger partial charge is 0.112 e. The summed E-state index contributed by atoms with van der Waals surface area (Å²) in [7, 11) is 0. The Morgan fingerprint density at radius 2 is 1.62 bits per heavy atom. The molecule has 1 N–H and O–H groups in total. The van der Waals surface area contributed by atoms with Crippen LogP contribution in [0.3, 0.4) is 0 Å². The van der Waals surface area contributed by atoms with Crippen molar-refractivity contribution in [1.29, 1.82) is 0 Å². The van der Waals surface area contributed by atoms with Crippen molar-refractivity contribution in [2.24, 2.45) is 5.10 Å². The minimum atomic E-state index is -0.0636. The van der Waals surface area contributed by atoms with Gasteiger partial charge in [-0.3, -0.25) is 5.01 Å². The van der Waals surface area contributed by atoms with Crippen LogP contribution >= 0.6 is 0 Å². The third kappa shape index (κ3) is 3.97. The number of amides is 1. The summed E-state index contributed by atoms with van der Waals surface area (Å²) >= 11 is 0. The van der Waals surface area contributed by atoms with Crippen molar-refractivity contribution in [2.75, 3.05) is 5.01 Å². The molecular formula is C21H22N3OV-. The minimum Gasteiger partial charge on any atom is -0.426 e. The first-order valence-electron chi connectivity index (χ1n) is 8.95. The summed E-state index contributed by atoms with van der Waals surface area (Å²) in [5, 5.41) is 9.71. The van der Waals surface area contributed by atoms with E-state index in [0.29, 0.717) is 11.8 Å². The summed E-state index contributed by atoms with van der Waals surface area (Å²) in [6, 6.07) is 20.4. The van der Waals surface area contributed by atoms with Crippen LogP contribution in [0, 0.1) is 6.42 Å². The predicted octanol–water partition coefficient (Wildman–Crippen LogP) is 3.86. The molecule has 1 radical (unpaired) electrons. The standard InChI is InChI=1S/C21H22N3O.V/c25-21(22-17-11-7-8-12-17)19-15-20(16-9-3-1-4-10-16)24(23-19)18-13-5-2-6-14-18;/h1-6,9-10,13-15,17,20H,7-8,11-12H2,(H,22,25);/q-1;. The molecule has 0 saturated heterocycles. The number of nitrogens with zero attached hydrogens (tertiary/aromatic N) is 2. The molecule has 2 aromatic carbocycles. The SMILES string of the molecule is O=C(NC1CCCC1)C1=NN(c2ccccc2)C(c2ccccc2)[CH-]1.[V]. The first-order chi connectivity index (χ1) is 12.3. The van der Waals surface area contributed by atoms with E-state index in [9.17, 15) is 4.79 Å². The third-order valence-corrected chi connectivity index (χ3v) is 4.88. The number of nitrogens with one attached hydrogen (secondary N) is 1. The summed E-state index contributed by atoms with van der Waals surface area (Å²) in [5.41, 5.74) is 2.61. The second-order valence-corrected chi connectivity index (χ2v) is 6.64. The maximum atomic E-state index is 12.7. The molecule has 5 heteroatoms. The minimum absolute atomic E-state index is 0. The molecule has 4 nitrogen and oxygen atoms in total. The van der Waals surface area contributed by atoms with E-state index in [2.05, 4.69) is 22.6 Å². The Hall–Kier alpha value is -2.17. The Balaban J connectivity index is 0.00000196. The molecule has 4 rings (SSSR count). The fraction of sp³-hybridized carbons (Fsp3) is 0.286. The van der Waals surface area contributed by atoms with E-state index in [4.69, 9.17) is 0 Å².